The normalized spacial score (nSPS) is 12.7. The summed E-state index contributed by atoms with van der Waals surface area (Å²) >= 11 is 0. The molecule has 0 unspecified atom stereocenters. The van der Waals surface area contributed by atoms with E-state index in [0.29, 0.717) is 36.7 Å². The molecule has 0 saturated heterocycles. The van der Waals surface area contributed by atoms with E-state index in [-0.39, 0.29) is 29.7 Å². The highest BCUT2D eigenvalue weighted by Crippen LogP contribution is 2.29. The van der Waals surface area contributed by atoms with Gasteiger partial charge in [0.1, 0.15) is 18.1 Å². The fourth-order valence-electron chi connectivity index (χ4n) is 4.48. The topological polar surface area (TPSA) is 118 Å². The number of aryl methyl sites for hydroxylation is 2. The summed E-state index contributed by atoms with van der Waals surface area (Å²) in [5.74, 6) is 0.546. The van der Waals surface area contributed by atoms with Crippen molar-refractivity contribution < 1.29 is 14.3 Å². The van der Waals surface area contributed by atoms with E-state index in [1.54, 1.807) is 0 Å². The van der Waals surface area contributed by atoms with E-state index in [1.807, 2.05) is 38.3 Å². The quantitative estimate of drug-likeness (QED) is 0.279. The van der Waals surface area contributed by atoms with Crippen LogP contribution in [0.2, 0.25) is 0 Å². The summed E-state index contributed by atoms with van der Waals surface area (Å²) in [6.07, 6.45) is 6.70. The van der Waals surface area contributed by atoms with Gasteiger partial charge in [0.25, 0.3) is 5.56 Å². The van der Waals surface area contributed by atoms with Gasteiger partial charge in [0.15, 0.2) is 11.2 Å². The summed E-state index contributed by atoms with van der Waals surface area (Å²) in [7, 11) is 1.47. The molecule has 4 rings (SSSR count). The Kier molecular flexibility index (Phi) is 8.70. The van der Waals surface area contributed by atoms with Gasteiger partial charge >= 0.3 is 11.7 Å². The first-order valence-electron chi connectivity index (χ1n) is 13.2. The van der Waals surface area contributed by atoms with Crippen LogP contribution in [0.5, 0.6) is 5.75 Å². The van der Waals surface area contributed by atoms with Gasteiger partial charge in [-0.2, -0.15) is 0 Å². The summed E-state index contributed by atoms with van der Waals surface area (Å²) < 4.78 is 13.7. The Hall–Kier alpha value is -3.82. The van der Waals surface area contributed by atoms with Crippen molar-refractivity contribution in [2.75, 3.05) is 6.61 Å². The highest BCUT2D eigenvalue weighted by molar-refractivity contribution is 5.70. The number of fused-ring (bicyclic) bond motifs is 2. The van der Waals surface area contributed by atoms with Crippen molar-refractivity contribution in [2.45, 2.75) is 72.4 Å². The molecule has 0 spiro atoms. The molecular weight excluding hydrogens is 486 g/mol. The van der Waals surface area contributed by atoms with E-state index >= 15 is 0 Å². The maximum atomic E-state index is 13.0. The molecule has 202 valence electrons. The number of unbranched alkanes of at least 4 members (excludes halogenated alkanes) is 2. The van der Waals surface area contributed by atoms with E-state index in [1.165, 1.54) is 24.1 Å². The van der Waals surface area contributed by atoms with Gasteiger partial charge in [-0.1, -0.05) is 19.9 Å². The van der Waals surface area contributed by atoms with Crippen molar-refractivity contribution >= 4 is 29.0 Å². The van der Waals surface area contributed by atoms with Crippen LogP contribution < -0.4 is 16.0 Å². The van der Waals surface area contributed by atoms with Gasteiger partial charge in [-0.05, 0) is 56.1 Å². The number of esters is 1. The van der Waals surface area contributed by atoms with Crippen LogP contribution in [0.4, 0.5) is 5.69 Å². The molecule has 1 aliphatic rings. The van der Waals surface area contributed by atoms with Gasteiger partial charge < -0.3 is 9.47 Å². The molecule has 0 radical (unpaired) electrons. The standard InChI is InChI=1S/C28H35N5O5/c1-18(2)16-33-26-25(27(35)32(4)28(33)36)30-22(10-6-5-7-14-37-19(3)34)24(31-26)17-38-21-12-11-20-9-8-13-29-23(20)15-21/h11-13,15,18H,5-10,14,16-17H2,1-4H3. The fraction of sp³-hybridized carbons (Fsp3) is 0.500. The van der Waals surface area contributed by atoms with E-state index < -0.39 is 11.2 Å². The lowest BCUT2D eigenvalue weighted by Crippen LogP contribution is -2.40. The van der Waals surface area contributed by atoms with E-state index in [0.717, 1.165) is 42.4 Å². The van der Waals surface area contributed by atoms with Gasteiger partial charge in [0.2, 0.25) is 0 Å². The summed E-state index contributed by atoms with van der Waals surface area (Å²) in [6.45, 7) is 6.33. The zero-order chi connectivity index (χ0) is 27.2. The number of carbonyl (C=O) groups excluding carboxylic acids is 1. The number of rotatable bonds is 11. The molecule has 10 nitrogen and oxygen atoms in total. The molecule has 2 aromatic heterocycles. The summed E-state index contributed by atoms with van der Waals surface area (Å²) in [4.78, 5) is 50.9. The predicted molar refractivity (Wildman–Crippen MR) is 145 cm³/mol. The Labute approximate surface area is 221 Å². The molecule has 0 N–H and O–H groups in total. The first kappa shape index (κ1) is 27.2. The maximum absolute atomic E-state index is 13.0. The van der Waals surface area contributed by atoms with Crippen molar-refractivity contribution in [3.8, 4) is 5.75 Å². The van der Waals surface area contributed by atoms with Gasteiger partial charge in [0.05, 0.1) is 18.0 Å². The minimum absolute atomic E-state index is 0.138. The van der Waals surface area contributed by atoms with Crippen LogP contribution in [0, 0.1) is 5.92 Å². The van der Waals surface area contributed by atoms with Crippen molar-refractivity contribution in [2.24, 2.45) is 18.0 Å². The summed E-state index contributed by atoms with van der Waals surface area (Å²) in [5, 5.41) is 0. The molecule has 3 aromatic rings. The van der Waals surface area contributed by atoms with Crippen LogP contribution in [0.3, 0.4) is 0 Å². The number of aliphatic imine (C=N–C) groups is 1. The van der Waals surface area contributed by atoms with Crippen LogP contribution in [0.1, 0.15) is 63.4 Å². The Morgan fingerprint density at radius 3 is 2.68 bits per heavy atom. The van der Waals surface area contributed by atoms with Crippen molar-refractivity contribution in [3.63, 3.8) is 0 Å². The number of ether oxygens (including phenoxy) is 2. The van der Waals surface area contributed by atoms with Crippen LogP contribution in [0.25, 0.3) is 11.2 Å². The van der Waals surface area contributed by atoms with Gasteiger partial charge in [0, 0.05) is 32.8 Å². The predicted octanol–water partition coefficient (Wildman–Crippen LogP) is 3.65. The van der Waals surface area contributed by atoms with Crippen molar-refractivity contribution in [1.82, 2.24) is 19.1 Å². The smallest absolute Gasteiger partial charge is 0.332 e. The first-order chi connectivity index (χ1) is 18.2. The molecule has 38 heavy (non-hydrogen) atoms. The third-order valence-corrected chi connectivity index (χ3v) is 6.43. The number of benzene rings is 1. The maximum Gasteiger partial charge on any atom is 0.332 e. The second kappa shape index (κ2) is 12.1. The van der Waals surface area contributed by atoms with Gasteiger partial charge in [-0.25, -0.2) is 14.8 Å². The SMILES string of the molecule is CC(=O)OCCCCCc1nc2c(=O)n(C)c(=O)n(CC(C)C)c2nc1COc1ccc2c(c1)N=CCC2. The van der Waals surface area contributed by atoms with Crippen LogP contribution in [-0.4, -0.2) is 37.9 Å². The van der Waals surface area contributed by atoms with Gasteiger partial charge in [-0.15, -0.1) is 0 Å². The number of aromatic nitrogens is 4. The largest absolute Gasteiger partial charge is 0.487 e. The number of hydrogen-bond acceptors (Lipinski definition) is 8. The number of nitrogens with zero attached hydrogens (tertiary/aromatic N) is 5. The molecule has 0 amide bonds. The molecule has 3 heterocycles. The van der Waals surface area contributed by atoms with E-state index in [9.17, 15) is 14.4 Å². The first-order valence-corrected chi connectivity index (χ1v) is 13.2. The lowest BCUT2D eigenvalue weighted by Gasteiger charge is -2.16. The van der Waals surface area contributed by atoms with Crippen molar-refractivity contribution in [1.29, 1.82) is 0 Å². The Morgan fingerprint density at radius 2 is 1.92 bits per heavy atom. The Morgan fingerprint density at radius 1 is 1.11 bits per heavy atom. The average molecular weight is 522 g/mol. The monoisotopic (exact) mass is 521 g/mol. The summed E-state index contributed by atoms with van der Waals surface area (Å²) in [5.41, 5.74) is 2.91. The van der Waals surface area contributed by atoms with E-state index in [4.69, 9.17) is 19.4 Å². The lowest BCUT2D eigenvalue weighted by atomic mass is 10.1. The molecule has 0 aliphatic carbocycles. The zero-order valence-corrected chi connectivity index (χ0v) is 22.5. The molecule has 0 fully saturated rings. The van der Waals surface area contributed by atoms with Crippen LogP contribution >= 0.6 is 0 Å². The summed E-state index contributed by atoms with van der Waals surface area (Å²) in [6, 6.07) is 5.87. The second-order valence-corrected chi connectivity index (χ2v) is 10.0. The Balaban J connectivity index is 1.66. The average Bonchev–Trinajstić information content (AvgIpc) is 2.90. The molecule has 1 aromatic carbocycles. The second-order valence-electron chi connectivity index (χ2n) is 10.0. The minimum atomic E-state index is -0.464. The van der Waals surface area contributed by atoms with Crippen LogP contribution in [0.15, 0.2) is 32.8 Å². The lowest BCUT2D eigenvalue weighted by molar-refractivity contribution is -0.141. The molecular formula is C28H35N5O5. The van der Waals surface area contributed by atoms with Gasteiger partial charge in [-0.3, -0.25) is 23.7 Å². The minimum Gasteiger partial charge on any atom is -0.487 e. The molecule has 0 bridgehead atoms. The number of hydrogen-bond donors (Lipinski definition) is 0. The highest BCUT2D eigenvalue weighted by atomic mass is 16.5. The molecule has 0 saturated carbocycles. The highest BCUT2D eigenvalue weighted by Gasteiger charge is 2.19. The third-order valence-electron chi connectivity index (χ3n) is 6.43. The number of carbonyl (C=O) groups is 1. The van der Waals surface area contributed by atoms with Crippen LogP contribution in [-0.2, 0) is 42.6 Å². The molecule has 10 heteroatoms. The van der Waals surface area contributed by atoms with Crippen molar-refractivity contribution in [3.05, 3.63) is 56.0 Å². The fourth-order valence-corrected chi connectivity index (χ4v) is 4.48. The molecule has 1 aliphatic heterocycles. The third kappa shape index (κ3) is 6.35. The zero-order valence-electron chi connectivity index (χ0n) is 22.5. The Bertz CT molecular complexity index is 1470. The molecule has 0 atom stereocenters. The van der Waals surface area contributed by atoms with E-state index in [2.05, 4.69) is 4.99 Å².